The Morgan fingerprint density at radius 3 is 2.65 bits per heavy atom. The molecule has 5 nitrogen and oxygen atoms in total. The van der Waals surface area contributed by atoms with Gasteiger partial charge in [0.2, 0.25) is 0 Å². The lowest BCUT2D eigenvalue weighted by atomic mass is 10.2. The summed E-state index contributed by atoms with van der Waals surface area (Å²) in [6, 6.07) is 3.41. The second-order valence-electron chi connectivity index (χ2n) is 3.27. The summed E-state index contributed by atoms with van der Waals surface area (Å²) in [5.74, 6) is -2.43. The van der Waals surface area contributed by atoms with Crippen molar-refractivity contribution in [1.82, 2.24) is 15.0 Å². The van der Waals surface area contributed by atoms with Gasteiger partial charge in [-0.15, -0.1) is 5.10 Å². The molecular weight excluding hydrogens is 230 g/mol. The third-order valence-corrected chi connectivity index (χ3v) is 2.09. The summed E-state index contributed by atoms with van der Waals surface area (Å²) in [6.07, 6.45) is -0.384. The molecule has 0 unspecified atom stereocenters. The third-order valence-electron chi connectivity index (χ3n) is 2.09. The van der Waals surface area contributed by atoms with E-state index in [1.807, 2.05) is 0 Å². The number of carbonyl (C=O) groups excluding carboxylic acids is 1. The topological polar surface area (TPSA) is 73.8 Å². The van der Waals surface area contributed by atoms with Crippen molar-refractivity contribution in [2.45, 2.75) is 6.54 Å². The Morgan fingerprint density at radius 2 is 2.12 bits per heavy atom. The normalized spacial score (nSPS) is 11.3. The van der Waals surface area contributed by atoms with E-state index in [2.05, 4.69) is 10.3 Å². The highest BCUT2D eigenvalue weighted by atomic mass is 19.1. The molecule has 2 N–H and O–H groups in total. The highest BCUT2D eigenvalue weighted by Crippen LogP contribution is 2.13. The van der Waals surface area contributed by atoms with Crippen molar-refractivity contribution in [3.63, 3.8) is 0 Å². The Bertz CT molecular complexity index is 594. The molecule has 0 bridgehead atoms. The lowest BCUT2D eigenvalue weighted by Gasteiger charge is -2.03. The van der Waals surface area contributed by atoms with Crippen molar-refractivity contribution in [2.24, 2.45) is 5.73 Å². The monoisotopic (exact) mass is 239 g/mol. The molecule has 0 aliphatic rings. The molecule has 0 saturated heterocycles. The van der Waals surface area contributed by atoms with E-state index in [9.17, 15) is 13.6 Å². The SMILES string of the molecule is [2H]c1c(C(N)=O)nnn1Cc1c(F)cccc1F. The number of primary amides is 1. The van der Waals surface area contributed by atoms with Crippen molar-refractivity contribution in [3.05, 3.63) is 47.3 Å². The highest BCUT2D eigenvalue weighted by Gasteiger charge is 2.11. The van der Waals surface area contributed by atoms with E-state index in [-0.39, 0.29) is 24.0 Å². The van der Waals surface area contributed by atoms with Crippen molar-refractivity contribution in [3.8, 4) is 0 Å². The first kappa shape index (κ1) is 9.88. The maximum absolute atomic E-state index is 13.4. The average molecular weight is 239 g/mol. The molecule has 1 aromatic heterocycles. The molecule has 0 saturated carbocycles. The minimum absolute atomic E-state index is 0.257. The van der Waals surface area contributed by atoms with Gasteiger partial charge in [-0.05, 0) is 12.1 Å². The van der Waals surface area contributed by atoms with Gasteiger partial charge < -0.3 is 5.73 Å². The van der Waals surface area contributed by atoms with E-state index in [0.29, 0.717) is 0 Å². The fraction of sp³-hybridized carbons (Fsp3) is 0.100. The maximum Gasteiger partial charge on any atom is 0.270 e. The second-order valence-corrected chi connectivity index (χ2v) is 3.27. The summed E-state index contributed by atoms with van der Waals surface area (Å²) in [4.78, 5) is 10.9. The van der Waals surface area contributed by atoms with Crippen LogP contribution in [-0.4, -0.2) is 20.9 Å². The summed E-state index contributed by atoms with van der Waals surface area (Å²) < 4.78 is 35.2. The van der Waals surface area contributed by atoms with E-state index >= 15 is 0 Å². The number of hydrogen-bond donors (Lipinski definition) is 1. The number of aromatic nitrogens is 3. The first-order valence-corrected chi connectivity index (χ1v) is 4.63. The van der Waals surface area contributed by atoms with Crippen LogP contribution in [0.1, 0.15) is 17.4 Å². The number of nitrogens with two attached hydrogens (primary N) is 1. The van der Waals surface area contributed by atoms with Crippen LogP contribution >= 0.6 is 0 Å². The van der Waals surface area contributed by atoms with Crippen molar-refractivity contribution >= 4 is 5.91 Å². The van der Waals surface area contributed by atoms with Gasteiger partial charge in [-0.1, -0.05) is 11.3 Å². The highest BCUT2D eigenvalue weighted by molar-refractivity contribution is 5.90. The molecule has 2 rings (SSSR count). The van der Waals surface area contributed by atoms with Crippen molar-refractivity contribution in [2.75, 3.05) is 0 Å². The molecule has 0 radical (unpaired) electrons. The Kier molecular flexibility index (Phi) is 2.49. The van der Waals surface area contributed by atoms with Gasteiger partial charge in [0, 0.05) is 5.56 Å². The van der Waals surface area contributed by atoms with Crippen LogP contribution in [0.3, 0.4) is 0 Å². The average Bonchev–Trinajstić information content (AvgIpc) is 2.66. The maximum atomic E-state index is 13.4. The van der Waals surface area contributed by atoms with Crippen LogP contribution in [0.15, 0.2) is 24.4 Å². The van der Waals surface area contributed by atoms with Crippen LogP contribution < -0.4 is 5.73 Å². The molecule has 17 heavy (non-hydrogen) atoms. The third kappa shape index (κ3) is 2.27. The minimum atomic E-state index is -0.916. The number of rotatable bonds is 3. The number of halogens is 2. The second kappa shape index (κ2) is 4.28. The van der Waals surface area contributed by atoms with Gasteiger partial charge >= 0.3 is 0 Å². The Morgan fingerprint density at radius 1 is 1.47 bits per heavy atom. The predicted molar refractivity (Wildman–Crippen MR) is 54.0 cm³/mol. The van der Waals surface area contributed by atoms with Crippen LogP contribution in [-0.2, 0) is 6.54 Å². The fourth-order valence-electron chi connectivity index (χ4n) is 1.27. The Hall–Kier alpha value is -2.31. The molecule has 88 valence electrons. The summed E-state index contributed by atoms with van der Waals surface area (Å²) in [5.41, 5.74) is 4.36. The number of hydrogen-bond acceptors (Lipinski definition) is 3. The lowest BCUT2D eigenvalue weighted by molar-refractivity contribution is 0.0995. The van der Waals surface area contributed by atoms with Crippen LogP contribution in [0.4, 0.5) is 8.78 Å². The Labute approximate surface area is 96.3 Å². The molecule has 2 aromatic rings. The molecule has 0 aliphatic carbocycles. The largest absolute Gasteiger partial charge is 0.364 e. The minimum Gasteiger partial charge on any atom is -0.364 e. The van der Waals surface area contributed by atoms with Crippen LogP contribution in [0.25, 0.3) is 0 Å². The van der Waals surface area contributed by atoms with Gasteiger partial charge in [0.15, 0.2) is 5.69 Å². The van der Waals surface area contributed by atoms with Gasteiger partial charge in [0.1, 0.15) is 11.6 Å². The molecule has 1 heterocycles. The van der Waals surface area contributed by atoms with Gasteiger partial charge in [0.05, 0.1) is 14.1 Å². The van der Waals surface area contributed by atoms with E-state index in [1.54, 1.807) is 0 Å². The van der Waals surface area contributed by atoms with Crippen molar-refractivity contribution < 1.29 is 14.9 Å². The number of benzene rings is 1. The standard InChI is InChI=1S/C10H8F2N4O/c11-7-2-1-3-8(12)6(7)4-16-5-9(10(13)17)14-15-16/h1-3,5H,4H2,(H2,13,17)/i5D. The van der Waals surface area contributed by atoms with Gasteiger partial charge in [-0.25, -0.2) is 13.5 Å². The summed E-state index contributed by atoms with van der Waals surface area (Å²) in [7, 11) is 0. The summed E-state index contributed by atoms with van der Waals surface area (Å²) in [5, 5.41) is 6.84. The molecular formula is C10H8F2N4O. The zero-order chi connectivity index (χ0) is 13.3. The number of nitrogens with zero attached hydrogens (tertiary/aromatic N) is 3. The van der Waals surface area contributed by atoms with Gasteiger partial charge in [0.25, 0.3) is 5.91 Å². The summed E-state index contributed by atoms with van der Waals surface area (Å²) in [6.45, 7) is -0.336. The van der Waals surface area contributed by atoms with Crippen LogP contribution in [0, 0.1) is 11.6 Å². The van der Waals surface area contributed by atoms with E-state index in [0.717, 1.165) is 16.8 Å². The predicted octanol–water partition coefficient (Wildman–Crippen LogP) is 0.703. The zero-order valence-corrected chi connectivity index (χ0v) is 8.52. The molecule has 0 aliphatic heterocycles. The van der Waals surface area contributed by atoms with E-state index in [4.69, 9.17) is 7.10 Å². The van der Waals surface area contributed by atoms with E-state index < -0.39 is 17.5 Å². The molecule has 0 spiro atoms. The van der Waals surface area contributed by atoms with Gasteiger partial charge in [-0.2, -0.15) is 0 Å². The molecule has 1 aromatic carbocycles. The van der Waals surface area contributed by atoms with Gasteiger partial charge in [-0.3, -0.25) is 4.79 Å². The first-order chi connectivity index (χ1) is 8.50. The summed E-state index contributed by atoms with van der Waals surface area (Å²) >= 11 is 0. The quantitative estimate of drug-likeness (QED) is 0.856. The lowest BCUT2D eigenvalue weighted by Crippen LogP contribution is -2.11. The fourth-order valence-corrected chi connectivity index (χ4v) is 1.27. The van der Waals surface area contributed by atoms with Crippen molar-refractivity contribution in [1.29, 1.82) is 0 Å². The zero-order valence-electron chi connectivity index (χ0n) is 9.52. The first-order valence-electron chi connectivity index (χ1n) is 5.13. The van der Waals surface area contributed by atoms with Crippen LogP contribution in [0.5, 0.6) is 0 Å². The van der Waals surface area contributed by atoms with E-state index in [1.165, 1.54) is 6.07 Å². The Balaban J connectivity index is 2.38. The molecule has 7 heteroatoms. The molecule has 0 atom stereocenters. The molecule has 1 amide bonds. The van der Waals surface area contributed by atoms with Crippen LogP contribution in [0.2, 0.25) is 0 Å². The number of amides is 1. The number of carbonyl (C=O) groups is 1. The molecule has 0 fully saturated rings. The smallest absolute Gasteiger partial charge is 0.270 e.